The maximum atomic E-state index is 13.1. The first-order valence-electron chi connectivity index (χ1n) is 8.31. The fourth-order valence-electron chi connectivity index (χ4n) is 2.68. The Morgan fingerprint density at radius 2 is 1.74 bits per heavy atom. The van der Waals surface area contributed by atoms with E-state index in [2.05, 4.69) is 4.98 Å². The molecule has 6 heteroatoms. The number of carbonyl (C=O) groups is 1. The Hall–Kier alpha value is -3.05. The zero-order chi connectivity index (χ0) is 19.2. The van der Waals surface area contributed by atoms with Crippen molar-refractivity contribution in [3.05, 3.63) is 83.0 Å². The van der Waals surface area contributed by atoms with Crippen molar-refractivity contribution in [1.29, 1.82) is 0 Å². The van der Waals surface area contributed by atoms with Gasteiger partial charge in [0.1, 0.15) is 5.82 Å². The SMILES string of the molecule is COc1ccc(CN(C(=O)c2ccc(Cl)cc2)c2ccccn2)cc1OC. The minimum absolute atomic E-state index is 0.167. The Balaban J connectivity index is 1.96. The Labute approximate surface area is 163 Å². The first-order valence-corrected chi connectivity index (χ1v) is 8.69. The lowest BCUT2D eigenvalue weighted by Crippen LogP contribution is -2.31. The molecule has 0 unspecified atom stereocenters. The molecule has 3 aromatic rings. The molecule has 0 aliphatic carbocycles. The third kappa shape index (κ3) is 4.38. The highest BCUT2D eigenvalue weighted by Crippen LogP contribution is 2.29. The van der Waals surface area contributed by atoms with Gasteiger partial charge in [0, 0.05) is 16.8 Å². The maximum Gasteiger partial charge on any atom is 0.259 e. The number of nitrogens with zero attached hydrogens (tertiary/aromatic N) is 2. The number of carbonyl (C=O) groups excluding carboxylic acids is 1. The molecule has 1 aromatic heterocycles. The number of hydrogen-bond acceptors (Lipinski definition) is 4. The maximum absolute atomic E-state index is 13.1. The molecule has 0 aliphatic heterocycles. The van der Waals surface area contributed by atoms with Crippen molar-refractivity contribution in [2.24, 2.45) is 0 Å². The first-order chi connectivity index (χ1) is 13.1. The van der Waals surface area contributed by atoms with E-state index in [1.165, 1.54) is 0 Å². The van der Waals surface area contributed by atoms with Gasteiger partial charge in [-0.25, -0.2) is 4.98 Å². The zero-order valence-corrected chi connectivity index (χ0v) is 15.8. The van der Waals surface area contributed by atoms with Crippen LogP contribution in [0.3, 0.4) is 0 Å². The number of benzene rings is 2. The van der Waals surface area contributed by atoms with Crippen LogP contribution in [0.2, 0.25) is 5.02 Å². The summed E-state index contributed by atoms with van der Waals surface area (Å²) in [4.78, 5) is 19.1. The van der Waals surface area contributed by atoms with E-state index in [1.54, 1.807) is 55.6 Å². The molecule has 0 saturated heterocycles. The number of amides is 1. The lowest BCUT2D eigenvalue weighted by molar-refractivity contribution is 0.0984. The average molecular weight is 383 g/mol. The van der Waals surface area contributed by atoms with Crippen molar-refractivity contribution in [1.82, 2.24) is 4.98 Å². The highest BCUT2D eigenvalue weighted by molar-refractivity contribution is 6.30. The zero-order valence-electron chi connectivity index (χ0n) is 15.1. The van der Waals surface area contributed by atoms with Crippen LogP contribution in [0, 0.1) is 0 Å². The van der Waals surface area contributed by atoms with E-state index in [0.29, 0.717) is 34.4 Å². The highest BCUT2D eigenvalue weighted by atomic mass is 35.5. The smallest absolute Gasteiger partial charge is 0.259 e. The molecule has 3 rings (SSSR count). The van der Waals surface area contributed by atoms with Crippen molar-refractivity contribution in [3.8, 4) is 11.5 Å². The normalized spacial score (nSPS) is 10.3. The largest absolute Gasteiger partial charge is 0.493 e. The summed E-state index contributed by atoms with van der Waals surface area (Å²) in [7, 11) is 3.17. The average Bonchev–Trinajstić information content (AvgIpc) is 2.72. The molecule has 0 radical (unpaired) electrons. The molecule has 0 aliphatic rings. The van der Waals surface area contributed by atoms with Crippen molar-refractivity contribution in [2.75, 3.05) is 19.1 Å². The Bertz CT molecular complexity index is 914. The van der Waals surface area contributed by atoms with Gasteiger partial charge in [-0.3, -0.25) is 9.69 Å². The second-order valence-electron chi connectivity index (χ2n) is 5.78. The van der Waals surface area contributed by atoms with Gasteiger partial charge in [-0.15, -0.1) is 0 Å². The summed E-state index contributed by atoms with van der Waals surface area (Å²) in [6.45, 7) is 0.332. The fraction of sp³-hybridized carbons (Fsp3) is 0.143. The molecule has 27 heavy (non-hydrogen) atoms. The summed E-state index contributed by atoms with van der Waals surface area (Å²) in [5.74, 6) is 1.64. The topological polar surface area (TPSA) is 51.7 Å². The number of methoxy groups -OCH3 is 2. The minimum atomic E-state index is -0.167. The van der Waals surface area contributed by atoms with Crippen molar-refractivity contribution in [2.45, 2.75) is 6.54 Å². The molecular formula is C21H19ClN2O3. The monoisotopic (exact) mass is 382 g/mol. The van der Waals surface area contributed by atoms with Crippen LogP contribution in [0.4, 0.5) is 5.82 Å². The molecule has 0 atom stereocenters. The third-order valence-corrected chi connectivity index (χ3v) is 4.30. The van der Waals surface area contributed by atoms with E-state index >= 15 is 0 Å². The van der Waals surface area contributed by atoms with E-state index in [9.17, 15) is 4.79 Å². The lowest BCUT2D eigenvalue weighted by atomic mass is 10.1. The Morgan fingerprint density at radius 3 is 2.37 bits per heavy atom. The number of anilines is 1. The van der Waals surface area contributed by atoms with Crippen LogP contribution in [-0.2, 0) is 6.54 Å². The highest BCUT2D eigenvalue weighted by Gasteiger charge is 2.20. The number of ether oxygens (including phenoxy) is 2. The predicted molar refractivity (Wildman–Crippen MR) is 106 cm³/mol. The second-order valence-corrected chi connectivity index (χ2v) is 6.21. The summed E-state index contributed by atoms with van der Waals surface area (Å²) in [6.07, 6.45) is 1.66. The van der Waals surface area contributed by atoms with Crippen LogP contribution < -0.4 is 14.4 Å². The standard InChI is InChI=1S/C21H19ClN2O3/c1-26-18-11-6-15(13-19(18)27-2)14-24(20-5-3-4-12-23-20)21(25)16-7-9-17(22)10-8-16/h3-13H,14H2,1-2H3. The fourth-order valence-corrected chi connectivity index (χ4v) is 2.81. The lowest BCUT2D eigenvalue weighted by Gasteiger charge is -2.22. The van der Waals surface area contributed by atoms with Crippen molar-refractivity contribution < 1.29 is 14.3 Å². The van der Waals surface area contributed by atoms with Gasteiger partial charge >= 0.3 is 0 Å². The van der Waals surface area contributed by atoms with E-state index in [0.717, 1.165) is 5.56 Å². The van der Waals surface area contributed by atoms with Gasteiger partial charge in [0.25, 0.3) is 5.91 Å². The number of aromatic nitrogens is 1. The van der Waals surface area contributed by atoms with E-state index < -0.39 is 0 Å². The van der Waals surface area contributed by atoms with Crippen LogP contribution >= 0.6 is 11.6 Å². The van der Waals surface area contributed by atoms with Crippen LogP contribution in [-0.4, -0.2) is 25.1 Å². The van der Waals surface area contributed by atoms with Gasteiger partial charge in [-0.2, -0.15) is 0 Å². The third-order valence-electron chi connectivity index (χ3n) is 4.05. The van der Waals surface area contributed by atoms with Crippen molar-refractivity contribution in [3.63, 3.8) is 0 Å². The van der Waals surface area contributed by atoms with E-state index in [-0.39, 0.29) is 5.91 Å². The number of rotatable bonds is 6. The van der Waals surface area contributed by atoms with Gasteiger partial charge in [-0.1, -0.05) is 23.7 Å². The molecule has 138 valence electrons. The molecule has 0 saturated carbocycles. The van der Waals surface area contributed by atoms with Gasteiger partial charge in [0.05, 0.1) is 20.8 Å². The Kier molecular flexibility index (Phi) is 5.94. The van der Waals surface area contributed by atoms with E-state index in [1.807, 2.05) is 30.3 Å². The van der Waals surface area contributed by atoms with Gasteiger partial charge < -0.3 is 9.47 Å². The molecule has 2 aromatic carbocycles. The van der Waals surface area contributed by atoms with Gasteiger partial charge in [-0.05, 0) is 54.1 Å². The minimum Gasteiger partial charge on any atom is -0.493 e. The van der Waals surface area contributed by atoms with Crippen molar-refractivity contribution >= 4 is 23.3 Å². The number of hydrogen-bond donors (Lipinski definition) is 0. The summed E-state index contributed by atoms with van der Waals surface area (Å²) in [6, 6.07) is 17.8. The van der Waals surface area contributed by atoms with Gasteiger partial charge in [0.2, 0.25) is 0 Å². The van der Waals surface area contributed by atoms with Crippen LogP contribution in [0.5, 0.6) is 11.5 Å². The number of pyridine rings is 1. The molecule has 0 spiro atoms. The summed E-state index contributed by atoms with van der Waals surface area (Å²) >= 11 is 5.94. The molecular weight excluding hydrogens is 364 g/mol. The molecule has 1 amide bonds. The molecule has 1 heterocycles. The van der Waals surface area contributed by atoms with Gasteiger partial charge in [0.15, 0.2) is 11.5 Å². The number of halogens is 1. The summed E-state index contributed by atoms with van der Waals surface area (Å²) in [5, 5.41) is 0.579. The Morgan fingerprint density at radius 1 is 1.00 bits per heavy atom. The van der Waals surface area contributed by atoms with Crippen LogP contribution in [0.1, 0.15) is 15.9 Å². The van der Waals surface area contributed by atoms with Crippen LogP contribution in [0.15, 0.2) is 66.9 Å². The summed E-state index contributed by atoms with van der Waals surface area (Å²) in [5.41, 5.74) is 1.42. The molecule has 0 bridgehead atoms. The molecule has 0 N–H and O–H groups in total. The van der Waals surface area contributed by atoms with E-state index in [4.69, 9.17) is 21.1 Å². The predicted octanol–water partition coefficient (Wildman–Crippen LogP) is 4.60. The summed E-state index contributed by atoms with van der Waals surface area (Å²) < 4.78 is 10.6. The first kappa shape index (κ1) is 18.7. The van der Waals surface area contributed by atoms with Crippen LogP contribution in [0.25, 0.3) is 0 Å². The molecule has 5 nitrogen and oxygen atoms in total. The quantitative estimate of drug-likeness (QED) is 0.625. The molecule has 0 fully saturated rings. The second kappa shape index (κ2) is 8.56.